The highest BCUT2D eigenvalue weighted by Crippen LogP contribution is 2.10. The molecule has 0 atom stereocenters. The minimum absolute atomic E-state index is 0.0883. The number of phenols is 1. The second-order valence-electron chi connectivity index (χ2n) is 3.94. The van der Waals surface area contributed by atoms with Crippen molar-refractivity contribution in [2.24, 2.45) is 0 Å². The lowest BCUT2D eigenvalue weighted by molar-refractivity contribution is 0.0690. The lowest BCUT2D eigenvalue weighted by Crippen LogP contribution is -2.09. The number of aromatic hydroxyl groups is 1. The van der Waals surface area contributed by atoms with Gasteiger partial charge in [-0.05, 0) is 24.1 Å². The van der Waals surface area contributed by atoms with Gasteiger partial charge in [-0.3, -0.25) is 4.98 Å². The van der Waals surface area contributed by atoms with E-state index in [0.29, 0.717) is 12.4 Å². The van der Waals surface area contributed by atoms with Crippen molar-refractivity contribution in [3.63, 3.8) is 0 Å². The van der Waals surface area contributed by atoms with Gasteiger partial charge in [-0.25, -0.2) is 9.78 Å². The molecule has 3 N–H and O–H groups in total. The van der Waals surface area contributed by atoms with Crippen molar-refractivity contribution in [3.8, 4) is 5.75 Å². The molecule has 2 aromatic rings. The van der Waals surface area contributed by atoms with E-state index in [1.54, 1.807) is 12.1 Å². The molecule has 0 radical (unpaired) electrons. The highest BCUT2D eigenvalue weighted by Gasteiger charge is 2.05. The normalized spacial score (nSPS) is 10.1. The molecule has 19 heavy (non-hydrogen) atoms. The largest absolute Gasteiger partial charge is 0.508 e. The fourth-order valence-electron chi connectivity index (χ4n) is 1.55. The number of nitrogens with one attached hydrogen (secondary N) is 1. The Labute approximate surface area is 109 Å². The van der Waals surface area contributed by atoms with E-state index in [2.05, 4.69) is 15.3 Å². The number of hydrogen-bond acceptors (Lipinski definition) is 5. The van der Waals surface area contributed by atoms with Gasteiger partial charge < -0.3 is 15.5 Å². The van der Waals surface area contributed by atoms with Gasteiger partial charge in [-0.2, -0.15) is 0 Å². The average molecular weight is 259 g/mol. The number of nitrogens with zero attached hydrogens (tertiary/aromatic N) is 2. The van der Waals surface area contributed by atoms with Gasteiger partial charge in [0, 0.05) is 6.54 Å². The van der Waals surface area contributed by atoms with E-state index >= 15 is 0 Å². The molecule has 0 amide bonds. The van der Waals surface area contributed by atoms with Crippen LogP contribution in [-0.4, -0.2) is 32.7 Å². The third-order valence-electron chi connectivity index (χ3n) is 2.51. The summed E-state index contributed by atoms with van der Waals surface area (Å²) in [7, 11) is 0. The molecule has 1 aromatic carbocycles. The highest BCUT2D eigenvalue weighted by molar-refractivity contribution is 5.85. The SMILES string of the molecule is O=C(O)c1cncc(NCCc2ccc(O)cc2)n1. The second kappa shape index (κ2) is 5.81. The number of carboxylic acid groups (broad SMARTS) is 1. The molecule has 0 saturated heterocycles. The summed E-state index contributed by atoms with van der Waals surface area (Å²) < 4.78 is 0. The topological polar surface area (TPSA) is 95.3 Å². The van der Waals surface area contributed by atoms with Crippen LogP contribution >= 0.6 is 0 Å². The van der Waals surface area contributed by atoms with Gasteiger partial charge in [0.25, 0.3) is 0 Å². The van der Waals surface area contributed by atoms with Gasteiger partial charge in [0.2, 0.25) is 0 Å². The molecule has 0 unspecified atom stereocenters. The van der Waals surface area contributed by atoms with E-state index in [0.717, 1.165) is 12.0 Å². The Hall–Kier alpha value is -2.63. The first-order valence-electron chi connectivity index (χ1n) is 5.72. The van der Waals surface area contributed by atoms with E-state index in [4.69, 9.17) is 10.2 Å². The Morgan fingerprint density at radius 2 is 1.95 bits per heavy atom. The molecule has 0 fully saturated rings. The van der Waals surface area contributed by atoms with Crippen molar-refractivity contribution in [1.29, 1.82) is 0 Å². The van der Waals surface area contributed by atoms with Crippen LogP contribution in [0.3, 0.4) is 0 Å². The van der Waals surface area contributed by atoms with Gasteiger partial charge in [0.15, 0.2) is 5.69 Å². The van der Waals surface area contributed by atoms with Crippen LogP contribution in [0.5, 0.6) is 5.75 Å². The van der Waals surface area contributed by atoms with Crippen LogP contribution < -0.4 is 5.32 Å². The summed E-state index contributed by atoms with van der Waals surface area (Å²) in [5, 5.41) is 20.9. The Morgan fingerprint density at radius 1 is 1.21 bits per heavy atom. The summed E-state index contributed by atoms with van der Waals surface area (Å²) in [6, 6.07) is 6.91. The summed E-state index contributed by atoms with van der Waals surface area (Å²) in [4.78, 5) is 18.4. The van der Waals surface area contributed by atoms with Crippen molar-refractivity contribution in [3.05, 3.63) is 47.9 Å². The molecule has 2 rings (SSSR count). The number of aromatic carboxylic acids is 1. The maximum atomic E-state index is 10.7. The number of carboxylic acids is 1. The fraction of sp³-hybridized carbons (Fsp3) is 0.154. The predicted octanol–water partition coefficient (Wildman–Crippen LogP) is 1.53. The van der Waals surface area contributed by atoms with E-state index in [1.165, 1.54) is 12.4 Å². The minimum Gasteiger partial charge on any atom is -0.508 e. The Kier molecular flexibility index (Phi) is 3.92. The lowest BCUT2D eigenvalue weighted by atomic mass is 10.1. The minimum atomic E-state index is -1.10. The van der Waals surface area contributed by atoms with Crippen molar-refractivity contribution >= 4 is 11.8 Å². The molecule has 0 saturated carbocycles. The first-order chi connectivity index (χ1) is 9.15. The number of aromatic nitrogens is 2. The third-order valence-corrected chi connectivity index (χ3v) is 2.51. The lowest BCUT2D eigenvalue weighted by Gasteiger charge is -2.06. The highest BCUT2D eigenvalue weighted by atomic mass is 16.4. The first kappa shape index (κ1) is 12.8. The van der Waals surface area contributed by atoms with E-state index in [-0.39, 0.29) is 11.4 Å². The van der Waals surface area contributed by atoms with Crippen molar-refractivity contribution in [2.45, 2.75) is 6.42 Å². The third kappa shape index (κ3) is 3.67. The van der Waals surface area contributed by atoms with Crippen LogP contribution in [0.1, 0.15) is 16.1 Å². The molecular weight excluding hydrogens is 246 g/mol. The molecule has 0 aliphatic rings. The van der Waals surface area contributed by atoms with Crippen LogP contribution in [0.25, 0.3) is 0 Å². The number of rotatable bonds is 5. The second-order valence-corrected chi connectivity index (χ2v) is 3.94. The molecule has 1 aromatic heterocycles. The van der Waals surface area contributed by atoms with Gasteiger partial charge in [0.05, 0.1) is 12.4 Å². The maximum Gasteiger partial charge on any atom is 0.356 e. The standard InChI is InChI=1S/C13H13N3O3/c17-10-3-1-9(2-4-10)5-6-15-12-8-14-7-11(16-12)13(18)19/h1-4,7-8,17H,5-6H2,(H,15,16)(H,18,19). The molecule has 0 aliphatic carbocycles. The van der Waals surface area contributed by atoms with Crippen LogP contribution in [0, 0.1) is 0 Å². The summed E-state index contributed by atoms with van der Waals surface area (Å²) in [6.07, 6.45) is 3.41. The summed E-state index contributed by atoms with van der Waals surface area (Å²) in [5.41, 5.74) is 0.974. The number of benzene rings is 1. The number of carbonyl (C=O) groups is 1. The Balaban J connectivity index is 1.90. The van der Waals surface area contributed by atoms with Crippen LogP contribution in [0.15, 0.2) is 36.7 Å². The summed E-state index contributed by atoms with van der Waals surface area (Å²) in [5.74, 6) is -0.440. The molecular formula is C13H13N3O3. The summed E-state index contributed by atoms with van der Waals surface area (Å²) in [6.45, 7) is 0.600. The van der Waals surface area contributed by atoms with E-state index < -0.39 is 5.97 Å². The van der Waals surface area contributed by atoms with Crippen molar-refractivity contribution in [1.82, 2.24) is 9.97 Å². The fourth-order valence-corrected chi connectivity index (χ4v) is 1.55. The Bertz CT molecular complexity index is 570. The quantitative estimate of drug-likeness (QED) is 0.753. The average Bonchev–Trinajstić information content (AvgIpc) is 2.41. The molecule has 0 aliphatic heterocycles. The first-order valence-corrected chi connectivity index (χ1v) is 5.72. The van der Waals surface area contributed by atoms with Crippen LogP contribution in [-0.2, 0) is 6.42 Å². The zero-order valence-electron chi connectivity index (χ0n) is 10.1. The molecule has 6 heteroatoms. The number of anilines is 1. The maximum absolute atomic E-state index is 10.7. The Morgan fingerprint density at radius 3 is 2.63 bits per heavy atom. The number of hydrogen-bond donors (Lipinski definition) is 3. The van der Waals surface area contributed by atoms with E-state index in [9.17, 15) is 4.79 Å². The van der Waals surface area contributed by atoms with Crippen molar-refractivity contribution < 1.29 is 15.0 Å². The monoisotopic (exact) mass is 259 g/mol. The molecule has 6 nitrogen and oxygen atoms in total. The predicted molar refractivity (Wildman–Crippen MR) is 69.3 cm³/mol. The molecule has 0 bridgehead atoms. The van der Waals surface area contributed by atoms with Crippen molar-refractivity contribution in [2.75, 3.05) is 11.9 Å². The zero-order valence-corrected chi connectivity index (χ0v) is 10.1. The van der Waals surface area contributed by atoms with Gasteiger partial charge in [-0.15, -0.1) is 0 Å². The number of phenolic OH excluding ortho intramolecular Hbond substituents is 1. The molecule has 98 valence electrons. The van der Waals surface area contributed by atoms with Gasteiger partial charge in [-0.1, -0.05) is 12.1 Å². The van der Waals surface area contributed by atoms with Gasteiger partial charge >= 0.3 is 5.97 Å². The molecule has 0 spiro atoms. The van der Waals surface area contributed by atoms with E-state index in [1.807, 2.05) is 12.1 Å². The summed E-state index contributed by atoms with van der Waals surface area (Å²) >= 11 is 0. The van der Waals surface area contributed by atoms with Gasteiger partial charge in [0.1, 0.15) is 11.6 Å². The van der Waals surface area contributed by atoms with Crippen LogP contribution in [0.2, 0.25) is 0 Å². The van der Waals surface area contributed by atoms with Crippen LogP contribution in [0.4, 0.5) is 5.82 Å². The smallest absolute Gasteiger partial charge is 0.356 e. The zero-order chi connectivity index (χ0) is 13.7. The molecule has 1 heterocycles.